The smallest absolute Gasteiger partial charge is 0.290 e. The lowest BCUT2D eigenvalue weighted by Crippen LogP contribution is -2.63. The van der Waals surface area contributed by atoms with Crippen LogP contribution < -0.4 is 0 Å². The normalized spacial score (nSPS) is 25.6. The topological polar surface area (TPSA) is 98.2 Å². The van der Waals surface area contributed by atoms with Gasteiger partial charge in [-0.05, 0) is 75.9 Å². The van der Waals surface area contributed by atoms with Crippen LogP contribution in [0.25, 0.3) is 0 Å². The van der Waals surface area contributed by atoms with Gasteiger partial charge in [0.2, 0.25) is 10.0 Å². The van der Waals surface area contributed by atoms with E-state index in [0.29, 0.717) is 11.4 Å². The first-order valence-corrected chi connectivity index (χ1v) is 11.7. The average molecular weight is 427 g/mol. The molecule has 0 aromatic heterocycles. The number of benzene rings is 1. The molecule has 2 atom stereocenters. The summed E-state index contributed by atoms with van der Waals surface area (Å²) in [4.78, 5) is 11.1. The third-order valence-electron chi connectivity index (χ3n) is 6.40. The van der Waals surface area contributed by atoms with E-state index in [9.17, 15) is 13.5 Å². The maximum atomic E-state index is 13.5. The molecule has 8 heteroatoms. The molecule has 0 amide bonds. The number of hydrogen-bond donors (Lipinski definition) is 2. The molecule has 2 saturated heterocycles. The van der Waals surface area contributed by atoms with Crippen LogP contribution in [0.4, 0.5) is 0 Å². The van der Waals surface area contributed by atoms with E-state index in [0.717, 1.165) is 56.4 Å². The molecule has 0 unspecified atom stereocenters. The molecule has 1 aromatic carbocycles. The number of piperidine rings is 2. The zero-order valence-corrected chi connectivity index (χ0v) is 18.5. The highest BCUT2D eigenvalue weighted by molar-refractivity contribution is 7.89. The van der Waals surface area contributed by atoms with Crippen LogP contribution in [0.5, 0.6) is 0 Å². The van der Waals surface area contributed by atoms with Crippen LogP contribution in [-0.2, 0) is 14.8 Å². The lowest BCUT2D eigenvalue weighted by molar-refractivity contribution is -0.122. The molecule has 1 aromatic rings. The van der Waals surface area contributed by atoms with E-state index in [2.05, 4.69) is 11.8 Å². The highest BCUT2D eigenvalue weighted by Gasteiger charge is 2.50. The van der Waals surface area contributed by atoms with Gasteiger partial charge in [0, 0.05) is 24.5 Å². The van der Waals surface area contributed by atoms with Crippen molar-refractivity contribution < 1.29 is 23.4 Å². The number of carbonyl (C=O) groups is 1. The minimum absolute atomic E-state index is 0.0660. The molecule has 7 nitrogen and oxygen atoms in total. The van der Waals surface area contributed by atoms with Crippen molar-refractivity contribution in [2.75, 3.05) is 32.8 Å². The maximum absolute atomic E-state index is 13.5. The van der Waals surface area contributed by atoms with Crippen molar-refractivity contribution in [2.45, 2.75) is 57.4 Å². The van der Waals surface area contributed by atoms with Crippen molar-refractivity contribution in [3.8, 4) is 0 Å². The lowest BCUT2D eigenvalue weighted by Gasteiger charge is -2.53. The van der Waals surface area contributed by atoms with E-state index in [4.69, 9.17) is 9.90 Å². The van der Waals surface area contributed by atoms with Gasteiger partial charge < -0.3 is 15.1 Å². The van der Waals surface area contributed by atoms with Crippen molar-refractivity contribution in [2.24, 2.45) is 5.41 Å². The molecule has 164 valence electrons. The Morgan fingerprint density at radius 2 is 1.90 bits per heavy atom. The summed E-state index contributed by atoms with van der Waals surface area (Å²) in [7, 11) is -3.56. The summed E-state index contributed by atoms with van der Waals surface area (Å²) < 4.78 is 28.6. The van der Waals surface area contributed by atoms with Gasteiger partial charge in [0.25, 0.3) is 6.47 Å². The zero-order valence-electron chi connectivity index (χ0n) is 17.7. The maximum Gasteiger partial charge on any atom is 0.290 e. The number of aliphatic hydroxyl groups is 1. The number of fused-ring (bicyclic) bond motifs is 1. The first-order valence-electron chi connectivity index (χ1n) is 10.3. The Balaban J connectivity index is 0.000000941. The summed E-state index contributed by atoms with van der Waals surface area (Å²) in [6, 6.07) is 5.25. The van der Waals surface area contributed by atoms with Crippen LogP contribution in [0.15, 0.2) is 23.1 Å². The first kappa shape index (κ1) is 23.8. The molecule has 0 aliphatic carbocycles. The lowest BCUT2D eigenvalue weighted by atomic mass is 9.70. The highest BCUT2D eigenvalue weighted by atomic mass is 32.2. The minimum Gasteiger partial charge on any atom is -0.483 e. The molecule has 29 heavy (non-hydrogen) atoms. The van der Waals surface area contributed by atoms with Crippen LogP contribution in [0.3, 0.4) is 0 Å². The Morgan fingerprint density at radius 1 is 1.21 bits per heavy atom. The Bertz CT molecular complexity index is 798. The molecule has 3 rings (SSSR count). The van der Waals surface area contributed by atoms with Crippen LogP contribution in [0, 0.1) is 19.3 Å². The van der Waals surface area contributed by atoms with Crippen LogP contribution in [0.1, 0.15) is 43.7 Å². The van der Waals surface area contributed by atoms with Crippen molar-refractivity contribution in [3.05, 3.63) is 29.3 Å². The monoisotopic (exact) mass is 426 g/mol. The predicted octanol–water partition coefficient (Wildman–Crippen LogP) is 2.25. The van der Waals surface area contributed by atoms with Gasteiger partial charge in [-0.1, -0.05) is 13.0 Å². The molecular weight excluding hydrogens is 392 g/mol. The van der Waals surface area contributed by atoms with Crippen molar-refractivity contribution >= 4 is 16.5 Å². The molecule has 2 N–H and O–H groups in total. The average Bonchev–Trinajstić information content (AvgIpc) is 2.70. The summed E-state index contributed by atoms with van der Waals surface area (Å²) in [5, 5.41) is 17.1. The molecule has 0 radical (unpaired) electrons. The number of rotatable bonds is 5. The predicted molar refractivity (Wildman–Crippen MR) is 112 cm³/mol. The third-order valence-corrected chi connectivity index (χ3v) is 8.31. The number of carboxylic acid groups (broad SMARTS) is 1. The number of aliphatic hydroxyl groups excluding tert-OH is 1. The van der Waals surface area contributed by atoms with Crippen LogP contribution in [0.2, 0.25) is 0 Å². The molecule has 2 aliphatic heterocycles. The van der Waals surface area contributed by atoms with Crippen molar-refractivity contribution in [3.63, 3.8) is 0 Å². The largest absolute Gasteiger partial charge is 0.483 e. The van der Waals surface area contributed by atoms with E-state index >= 15 is 0 Å². The molecule has 0 spiro atoms. The Kier molecular flexibility index (Phi) is 8.22. The number of hydrogen-bond acceptors (Lipinski definition) is 5. The Hall–Kier alpha value is -1.48. The van der Waals surface area contributed by atoms with Gasteiger partial charge in [-0.25, -0.2) is 8.42 Å². The fourth-order valence-corrected chi connectivity index (χ4v) is 6.42. The van der Waals surface area contributed by atoms with E-state index in [-0.39, 0.29) is 24.5 Å². The molecular formula is C21H34N2O5S. The highest BCUT2D eigenvalue weighted by Crippen LogP contribution is 2.44. The summed E-state index contributed by atoms with van der Waals surface area (Å²) in [6.45, 7) is 9.10. The van der Waals surface area contributed by atoms with Gasteiger partial charge in [0.15, 0.2) is 0 Å². The standard InChI is InChI=1S/C20H32N2O3S.CH2O2/c1-4-10-21-12-9-20(15-23)8-5-11-22(19(20)14-21)26(24,25)18-7-6-16(2)17(3)13-18;2-1-3/h6-7,13,19,23H,4-5,8-12,14-15H2,1-3H3;1H,(H,2,3)/t19-,20-;/m1./s1. The third kappa shape index (κ3) is 4.99. The minimum atomic E-state index is -3.56. The number of sulfonamides is 1. The zero-order chi connectivity index (χ0) is 21.7. The second-order valence-electron chi connectivity index (χ2n) is 8.16. The van der Waals surface area contributed by atoms with Gasteiger partial charge in [-0.2, -0.15) is 4.31 Å². The summed E-state index contributed by atoms with van der Waals surface area (Å²) in [5.74, 6) is 0. The van der Waals surface area contributed by atoms with Crippen LogP contribution in [-0.4, -0.2) is 73.1 Å². The fourth-order valence-electron chi connectivity index (χ4n) is 4.59. The van der Waals surface area contributed by atoms with Gasteiger partial charge in [0.1, 0.15) is 0 Å². The molecule has 0 saturated carbocycles. The van der Waals surface area contributed by atoms with E-state index in [1.807, 2.05) is 19.9 Å². The van der Waals surface area contributed by atoms with E-state index < -0.39 is 10.0 Å². The molecule has 2 heterocycles. The number of nitrogens with zero attached hydrogens (tertiary/aromatic N) is 2. The Morgan fingerprint density at radius 3 is 2.48 bits per heavy atom. The summed E-state index contributed by atoms with van der Waals surface area (Å²) in [5.41, 5.74) is 1.79. The Labute approximate surface area is 174 Å². The first-order chi connectivity index (χ1) is 13.8. The summed E-state index contributed by atoms with van der Waals surface area (Å²) >= 11 is 0. The second-order valence-corrected chi connectivity index (χ2v) is 10.0. The van der Waals surface area contributed by atoms with Crippen molar-refractivity contribution in [1.82, 2.24) is 9.21 Å². The molecule has 2 aliphatic rings. The van der Waals surface area contributed by atoms with Crippen molar-refractivity contribution in [1.29, 1.82) is 0 Å². The quantitative estimate of drug-likeness (QED) is 0.701. The number of likely N-dealkylation sites (tertiary alicyclic amines) is 1. The molecule has 0 bridgehead atoms. The van der Waals surface area contributed by atoms with Gasteiger partial charge >= 0.3 is 0 Å². The van der Waals surface area contributed by atoms with Gasteiger partial charge in [0.05, 0.1) is 11.5 Å². The summed E-state index contributed by atoms with van der Waals surface area (Å²) in [6.07, 6.45) is 3.65. The van der Waals surface area contributed by atoms with Gasteiger partial charge in [-0.3, -0.25) is 4.79 Å². The van der Waals surface area contributed by atoms with Gasteiger partial charge in [-0.15, -0.1) is 0 Å². The van der Waals surface area contributed by atoms with E-state index in [1.165, 1.54) is 0 Å². The second kappa shape index (κ2) is 10.0. The van der Waals surface area contributed by atoms with Crippen LogP contribution >= 0.6 is 0 Å². The fraction of sp³-hybridized carbons (Fsp3) is 0.667. The molecule has 2 fully saturated rings. The van der Waals surface area contributed by atoms with E-state index in [1.54, 1.807) is 16.4 Å². The SMILES string of the molecule is CCCN1CC[C@@]2(CO)CCCN(S(=O)(=O)c3ccc(C)c(C)c3)[C@@H]2C1.O=CO. The number of aryl methyl sites for hydroxylation is 2.